The van der Waals surface area contributed by atoms with Gasteiger partial charge in [0.25, 0.3) is 5.91 Å². The number of nitrogens with one attached hydrogen (secondary N) is 2. The van der Waals surface area contributed by atoms with E-state index in [0.717, 1.165) is 32.2 Å². The van der Waals surface area contributed by atoms with Crippen LogP contribution in [0.2, 0.25) is 0 Å². The number of aromatic nitrogens is 2. The minimum Gasteiger partial charge on any atom is -0.373 e. The van der Waals surface area contributed by atoms with Gasteiger partial charge in [-0.25, -0.2) is 0 Å². The Labute approximate surface area is 115 Å². The third-order valence-electron chi connectivity index (χ3n) is 3.57. The van der Waals surface area contributed by atoms with Crippen LogP contribution in [0.25, 0.3) is 0 Å². The molecule has 2 bridgehead atoms. The average molecular weight is 282 g/mol. The molecule has 104 valence electrons. The van der Waals surface area contributed by atoms with Crippen molar-refractivity contribution in [1.29, 1.82) is 0 Å². The fourth-order valence-electron chi connectivity index (χ4n) is 2.64. The Morgan fingerprint density at radius 2 is 2.37 bits per heavy atom. The van der Waals surface area contributed by atoms with Crippen LogP contribution in [-0.4, -0.2) is 40.9 Å². The molecule has 1 aromatic rings. The number of nitrogens with zero attached hydrogens (tertiary/aromatic N) is 2. The topological polar surface area (TPSA) is 76.1 Å². The summed E-state index contributed by atoms with van der Waals surface area (Å²) in [6.45, 7) is 2.92. The van der Waals surface area contributed by atoms with E-state index in [1.54, 1.807) is 0 Å². The molecular weight excluding hydrogens is 264 g/mol. The van der Waals surface area contributed by atoms with E-state index in [-0.39, 0.29) is 18.1 Å². The van der Waals surface area contributed by atoms with Gasteiger partial charge in [-0.15, -0.1) is 10.2 Å². The summed E-state index contributed by atoms with van der Waals surface area (Å²) in [6.07, 6.45) is 4.65. The third-order valence-corrected chi connectivity index (χ3v) is 4.45. The maximum Gasteiger partial charge on any atom is 0.282 e. The molecule has 2 aliphatic rings. The Morgan fingerprint density at radius 1 is 1.47 bits per heavy atom. The van der Waals surface area contributed by atoms with E-state index in [9.17, 15) is 4.79 Å². The number of hydrogen-bond donors (Lipinski definition) is 2. The highest BCUT2D eigenvalue weighted by Gasteiger charge is 2.41. The van der Waals surface area contributed by atoms with Crippen LogP contribution in [-0.2, 0) is 4.74 Å². The van der Waals surface area contributed by atoms with Crippen molar-refractivity contribution in [3.8, 4) is 0 Å². The van der Waals surface area contributed by atoms with Crippen LogP contribution in [0.5, 0.6) is 0 Å². The Balaban J connectivity index is 1.56. The fourth-order valence-corrected chi connectivity index (χ4v) is 3.31. The van der Waals surface area contributed by atoms with Crippen molar-refractivity contribution in [2.24, 2.45) is 0 Å². The number of carbonyl (C=O) groups is 1. The van der Waals surface area contributed by atoms with E-state index < -0.39 is 0 Å². The molecular formula is C12H18N4O2S. The highest BCUT2D eigenvalue weighted by molar-refractivity contribution is 7.17. The van der Waals surface area contributed by atoms with E-state index in [4.69, 9.17) is 4.74 Å². The van der Waals surface area contributed by atoms with Gasteiger partial charge in [0.05, 0.1) is 18.2 Å². The lowest BCUT2D eigenvalue weighted by Crippen LogP contribution is -2.41. The van der Waals surface area contributed by atoms with Crippen LogP contribution in [0, 0.1) is 0 Å². The summed E-state index contributed by atoms with van der Waals surface area (Å²) in [6, 6.07) is 0.141. The largest absolute Gasteiger partial charge is 0.373 e. The fraction of sp³-hybridized carbons (Fsp3) is 0.750. The number of ether oxygens (including phenoxy) is 1. The molecule has 2 aliphatic heterocycles. The molecule has 3 heterocycles. The normalized spacial score (nSPS) is 28.6. The third kappa shape index (κ3) is 2.71. The quantitative estimate of drug-likeness (QED) is 0.854. The van der Waals surface area contributed by atoms with E-state index in [0.29, 0.717) is 16.2 Å². The number of fused-ring (bicyclic) bond motifs is 2. The van der Waals surface area contributed by atoms with Crippen LogP contribution in [0.4, 0.5) is 5.13 Å². The first kappa shape index (κ1) is 12.8. The Bertz CT molecular complexity index is 464. The molecule has 6 nitrogen and oxygen atoms in total. The SMILES string of the molecule is CCCNc1nnc(C(=O)NC2CC3CCC2O3)s1. The second-order valence-electron chi connectivity index (χ2n) is 5.03. The van der Waals surface area contributed by atoms with Gasteiger partial charge in [0.15, 0.2) is 0 Å². The first-order chi connectivity index (χ1) is 9.26. The number of amides is 1. The Morgan fingerprint density at radius 3 is 3.05 bits per heavy atom. The second kappa shape index (κ2) is 5.42. The highest BCUT2D eigenvalue weighted by atomic mass is 32.1. The summed E-state index contributed by atoms with van der Waals surface area (Å²) in [5, 5.41) is 15.2. The standard InChI is InChI=1S/C12H18N4O2S/c1-2-5-13-12-16-15-11(19-12)10(17)14-8-6-7-3-4-9(8)18-7/h7-9H,2-6H2,1H3,(H,13,16)(H,14,17). The van der Waals surface area contributed by atoms with Crippen molar-refractivity contribution in [2.75, 3.05) is 11.9 Å². The number of rotatable bonds is 5. The highest BCUT2D eigenvalue weighted by Crippen LogP contribution is 2.34. The molecule has 7 heteroatoms. The summed E-state index contributed by atoms with van der Waals surface area (Å²) in [4.78, 5) is 12.1. The van der Waals surface area contributed by atoms with Gasteiger partial charge in [0.1, 0.15) is 0 Å². The summed E-state index contributed by atoms with van der Waals surface area (Å²) in [5.74, 6) is -0.136. The van der Waals surface area contributed by atoms with Crippen molar-refractivity contribution in [2.45, 2.75) is 50.9 Å². The first-order valence-electron chi connectivity index (χ1n) is 6.80. The number of anilines is 1. The molecule has 0 radical (unpaired) electrons. The molecule has 0 aliphatic carbocycles. The van der Waals surface area contributed by atoms with Crippen LogP contribution >= 0.6 is 11.3 Å². The lowest BCUT2D eigenvalue weighted by molar-refractivity contribution is 0.0840. The number of carbonyl (C=O) groups excluding carboxylic acids is 1. The lowest BCUT2D eigenvalue weighted by Gasteiger charge is -2.18. The van der Waals surface area contributed by atoms with E-state index in [1.165, 1.54) is 11.3 Å². The van der Waals surface area contributed by atoms with E-state index in [2.05, 4.69) is 27.8 Å². The van der Waals surface area contributed by atoms with Crippen LogP contribution in [0.3, 0.4) is 0 Å². The van der Waals surface area contributed by atoms with Crippen LogP contribution < -0.4 is 10.6 Å². The molecule has 0 aromatic carbocycles. The van der Waals surface area contributed by atoms with Gasteiger partial charge in [0.2, 0.25) is 10.1 Å². The summed E-state index contributed by atoms with van der Waals surface area (Å²) in [5.41, 5.74) is 0. The molecule has 0 spiro atoms. The predicted octanol–water partition coefficient (Wildman–Crippen LogP) is 1.41. The zero-order valence-corrected chi connectivity index (χ0v) is 11.7. The molecule has 3 unspecified atom stereocenters. The van der Waals surface area contributed by atoms with Gasteiger partial charge in [-0.05, 0) is 25.7 Å². The minimum absolute atomic E-state index is 0.136. The van der Waals surface area contributed by atoms with Crippen molar-refractivity contribution in [1.82, 2.24) is 15.5 Å². The predicted molar refractivity (Wildman–Crippen MR) is 72.5 cm³/mol. The van der Waals surface area contributed by atoms with Gasteiger partial charge < -0.3 is 15.4 Å². The van der Waals surface area contributed by atoms with Crippen molar-refractivity contribution in [3.63, 3.8) is 0 Å². The van der Waals surface area contributed by atoms with Crippen molar-refractivity contribution >= 4 is 22.4 Å². The summed E-state index contributed by atoms with van der Waals surface area (Å²) < 4.78 is 5.72. The molecule has 3 rings (SSSR count). The zero-order valence-electron chi connectivity index (χ0n) is 10.9. The maximum absolute atomic E-state index is 12.1. The van der Waals surface area contributed by atoms with Crippen molar-refractivity contribution < 1.29 is 9.53 Å². The van der Waals surface area contributed by atoms with Gasteiger partial charge in [0, 0.05) is 6.54 Å². The molecule has 0 saturated carbocycles. The Hall–Kier alpha value is -1.21. The number of hydrogen-bond acceptors (Lipinski definition) is 6. The van der Waals surface area contributed by atoms with E-state index >= 15 is 0 Å². The van der Waals surface area contributed by atoms with Crippen molar-refractivity contribution in [3.05, 3.63) is 5.01 Å². The van der Waals surface area contributed by atoms with Gasteiger partial charge in [-0.3, -0.25) is 4.79 Å². The van der Waals surface area contributed by atoms with Crippen LogP contribution in [0.1, 0.15) is 42.4 Å². The summed E-state index contributed by atoms with van der Waals surface area (Å²) >= 11 is 1.30. The van der Waals surface area contributed by atoms with E-state index in [1.807, 2.05) is 0 Å². The molecule has 2 fully saturated rings. The smallest absolute Gasteiger partial charge is 0.282 e. The lowest BCUT2D eigenvalue weighted by atomic mass is 9.95. The van der Waals surface area contributed by atoms with Crippen LogP contribution in [0.15, 0.2) is 0 Å². The maximum atomic E-state index is 12.1. The minimum atomic E-state index is -0.136. The molecule has 2 N–H and O–H groups in total. The average Bonchev–Trinajstić information content (AvgIpc) is 3.12. The van der Waals surface area contributed by atoms with Gasteiger partial charge >= 0.3 is 0 Å². The summed E-state index contributed by atoms with van der Waals surface area (Å²) in [7, 11) is 0. The zero-order chi connectivity index (χ0) is 13.2. The monoisotopic (exact) mass is 282 g/mol. The van der Waals surface area contributed by atoms with Gasteiger partial charge in [-0.2, -0.15) is 0 Å². The molecule has 19 heavy (non-hydrogen) atoms. The second-order valence-corrected chi connectivity index (χ2v) is 6.01. The first-order valence-corrected chi connectivity index (χ1v) is 7.61. The molecule has 1 amide bonds. The molecule has 1 aromatic heterocycles. The molecule has 3 atom stereocenters. The Kier molecular flexibility index (Phi) is 3.65. The molecule has 2 saturated heterocycles. The van der Waals surface area contributed by atoms with Gasteiger partial charge in [-0.1, -0.05) is 18.3 Å².